The molecule has 0 saturated heterocycles. The van der Waals surface area contributed by atoms with Gasteiger partial charge in [0, 0.05) is 31.2 Å². The average Bonchev–Trinajstić information content (AvgIpc) is 3.57. The summed E-state index contributed by atoms with van der Waals surface area (Å²) in [5.41, 5.74) is 8.45. The Kier molecular flexibility index (Phi) is 6.75. The van der Waals surface area contributed by atoms with Crippen LogP contribution in [-0.4, -0.2) is 0 Å². The molecule has 10 rings (SSSR count). The number of benzene rings is 9. The third-order valence-electron chi connectivity index (χ3n) is 9.99. The first-order chi connectivity index (χ1) is 24.8. The normalized spacial score (nSPS) is 11.6. The van der Waals surface area contributed by atoms with E-state index in [1.807, 2.05) is 11.3 Å². The Balaban J connectivity index is 1.10. The lowest BCUT2D eigenvalue weighted by atomic mass is 9.96. The Morgan fingerprint density at radius 3 is 1.62 bits per heavy atom. The smallest absolute Gasteiger partial charge is 0.0555 e. The third kappa shape index (κ3) is 4.84. The number of thiophene rings is 1. The number of hydrogen-bond acceptors (Lipinski definition) is 2. The van der Waals surface area contributed by atoms with Gasteiger partial charge < -0.3 is 4.90 Å². The van der Waals surface area contributed by atoms with Crippen molar-refractivity contribution in [1.29, 1.82) is 0 Å². The molecule has 0 spiro atoms. The Bertz CT molecular complexity index is 2880. The fraction of sp³-hybridized carbons (Fsp3) is 0. The highest BCUT2D eigenvalue weighted by Gasteiger charge is 2.20. The molecule has 0 amide bonds. The Morgan fingerprint density at radius 1 is 0.320 bits per heavy atom. The second-order valence-corrected chi connectivity index (χ2v) is 14.1. The number of hydrogen-bond donors (Lipinski definition) is 0. The highest BCUT2D eigenvalue weighted by Crippen LogP contribution is 2.46. The highest BCUT2D eigenvalue weighted by molar-refractivity contribution is 7.26. The van der Waals surface area contributed by atoms with Gasteiger partial charge in [0.05, 0.1) is 11.4 Å². The van der Waals surface area contributed by atoms with Crippen molar-refractivity contribution in [2.75, 3.05) is 4.90 Å². The molecule has 0 saturated carbocycles. The summed E-state index contributed by atoms with van der Waals surface area (Å²) in [6, 6.07) is 68.8. The molecule has 1 nitrogen and oxygen atoms in total. The van der Waals surface area contributed by atoms with Crippen molar-refractivity contribution in [3.05, 3.63) is 188 Å². The highest BCUT2D eigenvalue weighted by atomic mass is 32.1. The van der Waals surface area contributed by atoms with E-state index in [-0.39, 0.29) is 0 Å². The van der Waals surface area contributed by atoms with Gasteiger partial charge in [0.15, 0.2) is 0 Å². The van der Waals surface area contributed by atoms with Crippen LogP contribution in [0.25, 0.3) is 74.7 Å². The van der Waals surface area contributed by atoms with E-state index in [2.05, 4.69) is 193 Å². The quantitative estimate of drug-likeness (QED) is 0.179. The maximum Gasteiger partial charge on any atom is 0.0555 e. The minimum Gasteiger partial charge on any atom is -0.309 e. The topological polar surface area (TPSA) is 3.24 Å². The van der Waals surface area contributed by atoms with E-state index >= 15 is 0 Å². The Hall–Kier alpha value is -6.22. The lowest BCUT2D eigenvalue weighted by Gasteiger charge is -2.28. The number of rotatable bonds is 5. The minimum atomic E-state index is 1.14. The molecule has 9 aromatic carbocycles. The van der Waals surface area contributed by atoms with Gasteiger partial charge in [0.1, 0.15) is 0 Å². The van der Waals surface area contributed by atoms with Gasteiger partial charge in [0.2, 0.25) is 0 Å². The molecule has 50 heavy (non-hydrogen) atoms. The van der Waals surface area contributed by atoms with Gasteiger partial charge in [0.25, 0.3) is 0 Å². The predicted molar refractivity (Wildman–Crippen MR) is 217 cm³/mol. The molecule has 0 unspecified atom stereocenters. The summed E-state index contributed by atoms with van der Waals surface area (Å²) in [6.07, 6.45) is 0. The zero-order valence-electron chi connectivity index (χ0n) is 27.3. The number of nitrogens with zero attached hydrogens (tertiary/aromatic N) is 1. The minimum absolute atomic E-state index is 1.14. The average molecular weight is 654 g/mol. The molecule has 0 N–H and O–H groups in total. The Labute approximate surface area is 294 Å². The first-order valence-corrected chi connectivity index (χ1v) is 17.9. The summed E-state index contributed by atoms with van der Waals surface area (Å²) in [7, 11) is 0. The van der Waals surface area contributed by atoms with Crippen molar-refractivity contribution >= 4 is 80.9 Å². The summed E-state index contributed by atoms with van der Waals surface area (Å²) in [4.78, 5) is 2.46. The van der Waals surface area contributed by atoms with E-state index < -0.39 is 0 Å². The third-order valence-corrected chi connectivity index (χ3v) is 11.1. The summed E-state index contributed by atoms with van der Waals surface area (Å²) < 4.78 is 2.61. The van der Waals surface area contributed by atoms with Crippen molar-refractivity contribution in [2.45, 2.75) is 0 Å². The van der Waals surface area contributed by atoms with Gasteiger partial charge in [-0.3, -0.25) is 0 Å². The van der Waals surface area contributed by atoms with E-state index in [4.69, 9.17) is 0 Å². The Morgan fingerprint density at radius 2 is 0.860 bits per heavy atom. The lowest BCUT2D eigenvalue weighted by molar-refractivity contribution is 1.32. The fourth-order valence-corrected chi connectivity index (χ4v) is 8.67. The molecule has 0 atom stereocenters. The van der Waals surface area contributed by atoms with Crippen molar-refractivity contribution in [3.63, 3.8) is 0 Å². The molecule has 234 valence electrons. The molecule has 0 aliphatic carbocycles. The molecule has 0 aliphatic rings. The molecule has 10 aromatic rings. The van der Waals surface area contributed by atoms with Crippen LogP contribution in [0.5, 0.6) is 0 Å². The van der Waals surface area contributed by atoms with Crippen LogP contribution in [0.2, 0.25) is 0 Å². The summed E-state index contributed by atoms with van der Waals surface area (Å²) in [5, 5.41) is 9.99. The first-order valence-electron chi connectivity index (χ1n) is 17.1. The summed E-state index contributed by atoms with van der Waals surface area (Å²) in [6.45, 7) is 0. The lowest BCUT2D eigenvalue weighted by Crippen LogP contribution is -2.10. The molecule has 2 heteroatoms. The first kappa shape index (κ1) is 28.8. The van der Waals surface area contributed by atoms with Gasteiger partial charge in [-0.15, -0.1) is 11.3 Å². The summed E-state index contributed by atoms with van der Waals surface area (Å²) in [5.74, 6) is 0. The zero-order valence-corrected chi connectivity index (χ0v) is 28.1. The van der Waals surface area contributed by atoms with Gasteiger partial charge in [-0.1, -0.05) is 133 Å². The van der Waals surface area contributed by atoms with Crippen molar-refractivity contribution in [3.8, 4) is 22.3 Å². The van der Waals surface area contributed by atoms with Crippen LogP contribution in [-0.2, 0) is 0 Å². The van der Waals surface area contributed by atoms with Crippen LogP contribution >= 0.6 is 11.3 Å². The van der Waals surface area contributed by atoms with E-state index in [1.54, 1.807) is 0 Å². The second kappa shape index (κ2) is 11.7. The van der Waals surface area contributed by atoms with Crippen LogP contribution < -0.4 is 4.90 Å². The van der Waals surface area contributed by atoms with Crippen LogP contribution in [0.3, 0.4) is 0 Å². The van der Waals surface area contributed by atoms with Crippen LogP contribution in [0, 0.1) is 0 Å². The SMILES string of the molecule is c1ccc(-c2ccc3cc(-c4ccc5cc(N(c6cccc7ccccc67)c6cccc7sc8ccccc8c67)ccc5c4)ccc3c2)cc1. The van der Waals surface area contributed by atoms with Crippen molar-refractivity contribution in [1.82, 2.24) is 0 Å². The fourth-order valence-electron chi connectivity index (χ4n) is 7.54. The van der Waals surface area contributed by atoms with E-state index in [0.29, 0.717) is 0 Å². The molecule has 0 bridgehead atoms. The van der Waals surface area contributed by atoms with Crippen LogP contribution in [0.4, 0.5) is 17.1 Å². The van der Waals surface area contributed by atoms with E-state index in [9.17, 15) is 0 Å². The van der Waals surface area contributed by atoms with Gasteiger partial charge in [-0.2, -0.15) is 0 Å². The molecule has 0 radical (unpaired) electrons. The molecular weight excluding hydrogens is 623 g/mol. The maximum absolute atomic E-state index is 2.46. The number of anilines is 3. The largest absolute Gasteiger partial charge is 0.309 e. The molecule has 1 aromatic heterocycles. The predicted octanol–water partition coefficient (Wildman–Crippen LogP) is 14.3. The monoisotopic (exact) mass is 653 g/mol. The van der Waals surface area contributed by atoms with Gasteiger partial charge >= 0.3 is 0 Å². The summed E-state index contributed by atoms with van der Waals surface area (Å²) >= 11 is 1.86. The molecule has 1 heterocycles. The molecule has 0 fully saturated rings. The second-order valence-electron chi connectivity index (χ2n) is 13.0. The van der Waals surface area contributed by atoms with Crippen LogP contribution in [0.1, 0.15) is 0 Å². The van der Waals surface area contributed by atoms with Crippen molar-refractivity contribution in [2.24, 2.45) is 0 Å². The van der Waals surface area contributed by atoms with Crippen LogP contribution in [0.15, 0.2) is 188 Å². The number of fused-ring (bicyclic) bond motifs is 6. The van der Waals surface area contributed by atoms with Gasteiger partial charge in [-0.05, 0) is 104 Å². The van der Waals surface area contributed by atoms with Crippen molar-refractivity contribution < 1.29 is 0 Å². The molecule has 0 aliphatic heterocycles. The molecular formula is C48H31NS. The van der Waals surface area contributed by atoms with E-state index in [1.165, 1.54) is 86.1 Å². The maximum atomic E-state index is 2.46. The standard InChI is InChI=1S/C48H31NS/c1-2-10-32(11-3-1)34-20-21-36-29-37(23-22-35(36)28-34)38-24-25-40-31-41(27-26-39(40)30-38)49(44-16-8-13-33-12-4-5-14-42(33)44)45-17-9-19-47-48(45)43-15-6-7-18-46(43)50-47/h1-31H. The zero-order chi connectivity index (χ0) is 33.0. The van der Waals surface area contributed by atoms with Gasteiger partial charge in [-0.25, -0.2) is 0 Å². The van der Waals surface area contributed by atoms with E-state index in [0.717, 1.165) is 5.69 Å².